The van der Waals surface area contributed by atoms with E-state index in [0.717, 1.165) is 0 Å². The van der Waals surface area contributed by atoms with E-state index in [4.69, 9.17) is 4.74 Å². The molecule has 2 aromatic rings. The normalized spacial score (nSPS) is 11.8. The minimum absolute atomic E-state index is 0.130. The summed E-state index contributed by atoms with van der Waals surface area (Å²) in [4.78, 5) is 12.1. The van der Waals surface area contributed by atoms with Crippen LogP contribution < -0.4 is 14.8 Å². The van der Waals surface area contributed by atoms with E-state index in [-0.39, 0.29) is 30.0 Å². The Morgan fingerprint density at radius 2 is 1.86 bits per heavy atom. The summed E-state index contributed by atoms with van der Waals surface area (Å²) < 4.78 is 45.5. The Labute approximate surface area is 170 Å². The van der Waals surface area contributed by atoms with Gasteiger partial charge >= 0.3 is 0 Å². The first-order valence-corrected chi connectivity index (χ1v) is 10.7. The molecule has 2 rings (SSSR count). The van der Waals surface area contributed by atoms with Crippen molar-refractivity contribution in [3.63, 3.8) is 0 Å². The van der Waals surface area contributed by atoms with Crippen LogP contribution >= 0.6 is 0 Å². The van der Waals surface area contributed by atoms with Gasteiger partial charge in [-0.3, -0.25) is 4.79 Å². The van der Waals surface area contributed by atoms with E-state index in [1.54, 1.807) is 44.2 Å². The summed E-state index contributed by atoms with van der Waals surface area (Å²) in [6, 6.07) is 11.2. The van der Waals surface area contributed by atoms with Crippen LogP contribution in [0.5, 0.6) is 5.75 Å². The van der Waals surface area contributed by atoms with Gasteiger partial charge in [-0.2, -0.15) is 0 Å². The predicted molar refractivity (Wildman–Crippen MR) is 111 cm³/mol. The molecule has 29 heavy (non-hydrogen) atoms. The van der Waals surface area contributed by atoms with E-state index in [2.05, 4.69) is 10.0 Å². The average molecular weight is 421 g/mol. The average Bonchev–Trinajstić information content (AvgIpc) is 2.64. The monoisotopic (exact) mass is 420 g/mol. The Morgan fingerprint density at radius 3 is 2.48 bits per heavy atom. The van der Waals surface area contributed by atoms with Crippen LogP contribution in [0.15, 0.2) is 48.5 Å². The first kappa shape index (κ1) is 22.6. The molecule has 2 aromatic carbocycles. The van der Waals surface area contributed by atoms with E-state index < -0.39 is 15.8 Å². The Morgan fingerprint density at radius 1 is 1.17 bits per heavy atom. The number of sulfonamides is 1. The van der Waals surface area contributed by atoms with Crippen LogP contribution in [0.3, 0.4) is 0 Å². The number of ether oxygens (including phenoxy) is 1. The third kappa shape index (κ3) is 7.32. The van der Waals surface area contributed by atoms with Crippen LogP contribution in [0.25, 0.3) is 6.08 Å². The quantitative estimate of drug-likeness (QED) is 0.611. The van der Waals surface area contributed by atoms with Gasteiger partial charge < -0.3 is 10.1 Å². The zero-order chi connectivity index (χ0) is 21.4. The fourth-order valence-corrected chi connectivity index (χ4v) is 4.17. The van der Waals surface area contributed by atoms with Crippen molar-refractivity contribution in [3.05, 3.63) is 71.0 Å². The van der Waals surface area contributed by atoms with E-state index in [9.17, 15) is 17.6 Å². The summed E-state index contributed by atoms with van der Waals surface area (Å²) >= 11 is 0. The Bertz CT molecular complexity index is 988. The van der Waals surface area contributed by atoms with Crippen LogP contribution in [0.1, 0.15) is 30.5 Å². The highest BCUT2D eigenvalue weighted by Crippen LogP contribution is 2.18. The fourth-order valence-electron chi connectivity index (χ4n) is 2.68. The maximum Gasteiger partial charge on any atom is 0.244 e. The topological polar surface area (TPSA) is 84.5 Å². The molecule has 0 aliphatic carbocycles. The minimum Gasteiger partial charge on any atom is -0.494 e. The molecular weight excluding hydrogens is 395 g/mol. The number of methoxy groups -OCH3 is 1. The van der Waals surface area contributed by atoms with Crippen molar-refractivity contribution in [2.75, 3.05) is 7.11 Å². The van der Waals surface area contributed by atoms with Crippen LogP contribution in [0.2, 0.25) is 0 Å². The zero-order valence-electron chi connectivity index (χ0n) is 16.6. The maximum absolute atomic E-state index is 13.7. The van der Waals surface area contributed by atoms with E-state index in [0.29, 0.717) is 16.7 Å². The largest absolute Gasteiger partial charge is 0.494 e. The molecule has 8 heteroatoms. The molecule has 1 amide bonds. The molecule has 0 bridgehead atoms. The first-order valence-electron chi connectivity index (χ1n) is 9.06. The van der Waals surface area contributed by atoms with Gasteiger partial charge in [-0.1, -0.05) is 30.3 Å². The van der Waals surface area contributed by atoms with Gasteiger partial charge in [0, 0.05) is 18.7 Å². The minimum atomic E-state index is -3.47. The van der Waals surface area contributed by atoms with Crippen molar-refractivity contribution < 1.29 is 22.3 Å². The summed E-state index contributed by atoms with van der Waals surface area (Å²) in [5.41, 5.74) is 1.84. The van der Waals surface area contributed by atoms with Gasteiger partial charge in [0.2, 0.25) is 15.9 Å². The maximum atomic E-state index is 13.7. The van der Waals surface area contributed by atoms with Crippen LogP contribution in [0, 0.1) is 5.82 Å². The van der Waals surface area contributed by atoms with Crippen LogP contribution in [-0.2, 0) is 27.1 Å². The van der Waals surface area contributed by atoms with Gasteiger partial charge in [-0.25, -0.2) is 17.5 Å². The van der Waals surface area contributed by atoms with Crippen LogP contribution in [-0.4, -0.2) is 27.5 Å². The van der Waals surface area contributed by atoms with E-state index in [1.165, 1.54) is 31.4 Å². The molecule has 0 radical (unpaired) electrons. The number of hydrogen-bond donors (Lipinski definition) is 2. The highest BCUT2D eigenvalue weighted by molar-refractivity contribution is 7.88. The molecule has 2 N–H and O–H groups in total. The number of nitrogens with one attached hydrogen (secondary N) is 2. The Hall–Kier alpha value is -2.71. The second-order valence-electron chi connectivity index (χ2n) is 6.75. The Balaban J connectivity index is 2.01. The highest BCUT2D eigenvalue weighted by Gasteiger charge is 2.15. The van der Waals surface area contributed by atoms with Crippen molar-refractivity contribution in [3.8, 4) is 5.75 Å². The molecule has 0 aromatic heterocycles. The molecule has 0 unspecified atom stereocenters. The molecule has 6 nitrogen and oxygen atoms in total. The van der Waals surface area contributed by atoms with Gasteiger partial charge in [0.1, 0.15) is 0 Å². The zero-order valence-corrected chi connectivity index (χ0v) is 17.4. The number of carbonyl (C=O) groups excluding carboxylic acids is 1. The number of benzene rings is 2. The molecule has 0 spiro atoms. The summed E-state index contributed by atoms with van der Waals surface area (Å²) in [7, 11) is -2.10. The van der Waals surface area contributed by atoms with Gasteiger partial charge in [-0.05, 0) is 48.7 Å². The number of carbonyl (C=O) groups is 1. The smallest absolute Gasteiger partial charge is 0.244 e. The summed E-state index contributed by atoms with van der Waals surface area (Å²) in [6.45, 7) is 3.68. The van der Waals surface area contributed by atoms with Gasteiger partial charge in [0.15, 0.2) is 11.6 Å². The fraction of sp³-hybridized carbons (Fsp3) is 0.286. The molecule has 0 atom stereocenters. The lowest BCUT2D eigenvalue weighted by Gasteiger charge is -2.13. The third-order valence-electron chi connectivity index (χ3n) is 3.94. The van der Waals surface area contributed by atoms with Crippen molar-refractivity contribution >= 4 is 22.0 Å². The molecule has 0 saturated carbocycles. The lowest BCUT2D eigenvalue weighted by atomic mass is 10.1. The lowest BCUT2D eigenvalue weighted by Crippen LogP contribution is -2.31. The molecule has 0 aliphatic rings. The molecule has 0 heterocycles. The number of rotatable bonds is 9. The second-order valence-corrected chi connectivity index (χ2v) is 8.50. The van der Waals surface area contributed by atoms with Crippen molar-refractivity contribution in [1.82, 2.24) is 10.0 Å². The third-order valence-corrected chi connectivity index (χ3v) is 5.46. The molecule has 0 fully saturated rings. The highest BCUT2D eigenvalue weighted by atomic mass is 32.2. The summed E-state index contributed by atoms with van der Waals surface area (Å²) in [5, 5.41) is 2.71. The number of hydrogen-bond acceptors (Lipinski definition) is 4. The van der Waals surface area contributed by atoms with Gasteiger partial charge in [-0.15, -0.1) is 0 Å². The number of amides is 1. The Kier molecular flexibility index (Phi) is 7.92. The lowest BCUT2D eigenvalue weighted by molar-refractivity contribution is -0.116. The van der Waals surface area contributed by atoms with Gasteiger partial charge in [0.25, 0.3) is 0 Å². The number of halogens is 1. The summed E-state index contributed by atoms with van der Waals surface area (Å²) in [5.74, 6) is -0.928. The van der Waals surface area contributed by atoms with E-state index in [1.807, 2.05) is 0 Å². The van der Waals surface area contributed by atoms with Crippen molar-refractivity contribution in [2.45, 2.75) is 32.2 Å². The molecule has 156 valence electrons. The molecule has 0 aliphatic heterocycles. The van der Waals surface area contributed by atoms with E-state index >= 15 is 0 Å². The second kappa shape index (κ2) is 10.2. The summed E-state index contributed by atoms with van der Waals surface area (Å²) in [6.07, 6.45) is 2.78. The van der Waals surface area contributed by atoms with Crippen molar-refractivity contribution in [1.29, 1.82) is 0 Å². The van der Waals surface area contributed by atoms with Crippen LogP contribution in [0.4, 0.5) is 4.39 Å². The molecule has 0 saturated heterocycles. The standard InChI is InChI=1S/C21H25FN2O4S/c1-15(2)24-29(26,27)14-18-7-5-4-6-17(18)13-23-21(25)11-9-16-8-10-20(28-3)19(22)12-16/h4-12,15,24H,13-14H2,1-3H3,(H,23,25)/b11-9+. The van der Waals surface area contributed by atoms with Crippen molar-refractivity contribution in [2.24, 2.45) is 0 Å². The molecular formula is C21H25FN2O4S. The predicted octanol–water partition coefficient (Wildman–Crippen LogP) is 2.99. The first-order chi connectivity index (χ1) is 13.7. The SMILES string of the molecule is COc1ccc(/C=C/C(=O)NCc2ccccc2CS(=O)(=O)NC(C)C)cc1F. The van der Waals surface area contributed by atoms with Gasteiger partial charge in [0.05, 0.1) is 12.9 Å².